The van der Waals surface area contributed by atoms with E-state index in [0.29, 0.717) is 17.4 Å². The fourth-order valence-electron chi connectivity index (χ4n) is 1.82. The molecule has 0 aliphatic heterocycles. The normalized spacial score (nSPS) is 13.7. The third-order valence-electron chi connectivity index (χ3n) is 3.18. The van der Waals surface area contributed by atoms with Crippen molar-refractivity contribution in [3.8, 4) is 11.6 Å². The highest BCUT2D eigenvalue weighted by Gasteiger charge is 2.20. The van der Waals surface area contributed by atoms with Crippen LogP contribution in [-0.4, -0.2) is 21.4 Å². The van der Waals surface area contributed by atoms with Crippen molar-refractivity contribution in [2.45, 2.75) is 12.8 Å². The number of nitrogens with one attached hydrogen (secondary N) is 1. The van der Waals surface area contributed by atoms with E-state index in [9.17, 15) is 10.1 Å². The zero-order chi connectivity index (χ0) is 14.7. The molecular weight excluding hydrogens is 272 g/mol. The van der Waals surface area contributed by atoms with Gasteiger partial charge in [0.2, 0.25) is 5.88 Å². The monoisotopic (exact) mass is 286 g/mol. The number of benzene rings is 1. The summed E-state index contributed by atoms with van der Waals surface area (Å²) in [4.78, 5) is 18.3. The van der Waals surface area contributed by atoms with E-state index in [2.05, 4.69) is 15.3 Å². The van der Waals surface area contributed by atoms with Crippen molar-refractivity contribution < 1.29 is 9.66 Å². The molecular formula is C14H14N4O3. The second-order valence-electron chi connectivity index (χ2n) is 4.92. The summed E-state index contributed by atoms with van der Waals surface area (Å²) in [5.41, 5.74) is 0.0248. The summed E-state index contributed by atoms with van der Waals surface area (Å²) < 4.78 is 5.56. The molecule has 0 spiro atoms. The van der Waals surface area contributed by atoms with Gasteiger partial charge in [-0.2, -0.15) is 0 Å². The Morgan fingerprint density at radius 1 is 1.29 bits per heavy atom. The Balaban J connectivity index is 1.65. The van der Waals surface area contributed by atoms with E-state index in [-0.39, 0.29) is 5.69 Å². The van der Waals surface area contributed by atoms with E-state index in [0.717, 1.165) is 12.5 Å². The smallest absolute Gasteiger partial charge is 0.269 e. The number of nitrogens with zero attached hydrogens (tertiary/aromatic N) is 3. The Bertz CT molecular complexity index is 641. The third-order valence-corrected chi connectivity index (χ3v) is 3.18. The van der Waals surface area contributed by atoms with Gasteiger partial charge >= 0.3 is 0 Å². The molecule has 0 radical (unpaired) electrons. The molecule has 0 atom stereocenters. The highest BCUT2D eigenvalue weighted by Crippen LogP contribution is 2.29. The molecule has 7 heteroatoms. The maximum Gasteiger partial charge on any atom is 0.269 e. The molecule has 1 fully saturated rings. The molecule has 1 aromatic heterocycles. The van der Waals surface area contributed by atoms with Crippen molar-refractivity contribution in [3.05, 3.63) is 46.8 Å². The number of non-ortho nitro benzene ring substituents is 1. The van der Waals surface area contributed by atoms with Gasteiger partial charge in [0.15, 0.2) is 0 Å². The first-order valence-electron chi connectivity index (χ1n) is 6.69. The van der Waals surface area contributed by atoms with Gasteiger partial charge in [0.25, 0.3) is 5.69 Å². The average Bonchev–Trinajstić information content (AvgIpc) is 3.30. The lowest BCUT2D eigenvalue weighted by molar-refractivity contribution is -0.384. The van der Waals surface area contributed by atoms with Gasteiger partial charge in [0.05, 0.1) is 4.92 Å². The number of hydrogen-bond donors (Lipinski definition) is 1. The Morgan fingerprint density at radius 2 is 2.05 bits per heavy atom. The van der Waals surface area contributed by atoms with Crippen LogP contribution in [0.5, 0.6) is 11.6 Å². The first-order chi connectivity index (χ1) is 10.2. The minimum Gasteiger partial charge on any atom is -0.439 e. The minimum absolute atomic E-state index is 0.0248. The Hall–Kier alpha value is -2.70. The van der Waals surface area contributed by atoms with Crippen LogP contribution < -0.4 is 10.1 Å². The largest absolute Gasteiger partial charge is 0.439 e. The van der Waals surface area contributed by atoms with Gasteiger partial charge in [-0.05, 0) is 30.9 Å². The summed E-state index contributed by atoms with van der Waals surface area (Å²) in [6.07, 6.45) is 3.96. The van der Waals surface area contributed by atoms with Gasteiger partial charge < -0.3 is 10.1 Å². The van der Waals surface area contributed by atoms with Crippen molar-refractivity contribution in [1.29, 1.82) is 0 Å². The molecule has 1 N–H and O–H groups in total. The molecule has 3 rings (SSSR count). The lowest BCUT2D eigenvalue weighted by Gasteiger charge is -2.07. The molecule has 7 nitrogen and oxygen atoms in total. The van der Waals surface area contributed by atoms with E-state index in [1.54, 1.807) is 6.07 Å². The molecule has 1 aliphatic rings. The summed E-state index contributed by atoms with van der Waals surface area (Å²) >= 11 is 0. The van der Waals surface area contributed by atoms with Crippen LogP contribution in [0.1, 0.15) is 12.8 Å². The number of aromatic nitrogens is 2. The molecule has 108 valence electrons. The maximum atomic E-state index is 10.6. The lowest BCUT2D eigenvalue weighted by Crippen LogP contribution is -2.05. The second-order valence-corrected chi connectivity index (χ2v) is 4.92. The van der Waals surface area contributed by atoms with Gasteiger partial charge in [0.1, 0.15) is 17.9 Å². The summed E-state index contributed by atoms with van der Waals surface area (Å²) in [6.45, 7) is 0.911. The van der Waals surface area contributed by atoms with Crippen LogP contribution in [0, 0.1) is 16.0 Å². The molecule has 0 bridgehead atoms. The Kier molecular flexibility index (Phi) is 3.63. The zero-order valence-corrected chi connectivity index (χ0v) is 11.2. The zero-order valence-electron chi connectivity index (χ0n) is 11.2. The average molecular weight is 286 g/mol. The quantitative estimate of drug-likeness (QED) is 0.648. The molecule has 0 unspecified atom stereocenters. The van der Waals surface area contributed by atoms with Crippen molar-refractivity contribution in [1.82, 2.24) is 9.97 Å². The van der Waals surface area contributed by atoms with E-state index in [1.165, 1.54) is 43.4 Å². The SMILES string of the molecule is O=[N+]([O-])c1ccc(Oc2cc(NCC3CC3)ncn2)cc1. The number of hydrogen-bond acceptors (Lipinski definition) is 6. The fraction of sp³-hybridized carbons (Fsp3) is 0.286. The van der Waals surface area contributed by atoms with Crippen LogP contribution in [0.2, 0.25) is 0 Å². The first-order valence-corrected chi connectivity index (χ1v) is 6.69. The minimum atomic E-state index is -0.450. The number of rotatable bonds is 6. The molecule has 1 aromatic carbocycles. The van der Waals surface area contributed by atoms with Crippen molar-refractivity contribution in [2.75, 3.05) is 11.9 Å². The molecule has 1 aliphatic carbocycles. The van der Waals surface area contributed by atoms with Gasteiger partial charge in [-0.3, -0.25) is 10.1 Å². The van der Waals surface area contributed by atoms with E-state index < -0.39 is 4.92 Å². The van der Waals surface area contributed by atoms with E-state index in [4.69, 9.17) is 4.74 Å². The Morgan fingerprint density at radius 3 is 2.71 bits per heavy atom. The lowest BCUT2D eigenvalue weighted by atomic mass is 10.3. The fourth-order valence-corrected chi connectivity index (χ4v) is 1.82. The predicted octanol–water partition coefficient (Wildman–Crippen LogP) is 3.00. The van der Waals surface area contributed by atoms with Crippen LogP contribution >= 0.6 is 0 Å². The van der Waals surface area contributed by atoms with Crippen LogP contribution in [0.15, 0.2) is 36.7 Å². The highest BCUT2D eigenvalue weighted by molar-refractivity contribution is 5.41. The Labute approximate surface area is 121 Å². The van der Waals surface area contributed by atoms with E-state index >= 15 is 0 Å². The predicted molar refractivity (Wildman–Crippen MR) is 76.4 cm³/mol. The maximum absolute atomic E-state index is 10.6. The van der Waals surface area contributed by atoms with Gasteiger partial charge in [-0.15, -0.1) is 0 Å². The highest BCUT2D eigenvalue weighted by atomic mass is 16.6. The molecule has 2 aromatic rings. The third kappa shape index (κ3) is 3.65. The summed E-state index contributed by atoms with van der Waals surface area (Å²) in [5.74, 6) is 2.36. The van der Waals surface area contributed by atoms with Gasteiger partial charge in [-0.1, -0.05) is 0 Å². The molecule has 1 saturated carbocycles. The standard InChI is InChI=1S/C14H14N4O3/c19-18(20)11-3-5-12(6-4-11)21-14-7-13(16-9-17-14)15-8-10-1-2-10/h3-7,9-10H,1-2,8H2,(H,15,16,17). The summed E-state index contributed by atoms with van der Waals surface area (Å²) in [7, 11) is 0. The van der Waals surface area contributed by atoms with Crippen molar-refractivity contribution in [2.24, 2.45) is 5.92 Å². The number of nitro groups is 1. The molecule has 0 amide bonds. The van der Waals surface area contributed by atoms with Crippen LogP contribution in [0.3, 0.4) is 0 Å². The first kappa shape index (κ1) is 13.3. The number of nitro benzene ring substituents is 1. The van der Waals surface area contributed by atoms with Crippen molar-refractivity contribution >= 4 is 11.5 Å². The topological polar surface area (TPSA) is 90.2 Å². The molecule has 21 heavy (non-hydrogen) atoms. The molecule has 1 heterocycles. The summed E-state index contributed by atoms with van der Waals surface area (Å²) in [6, 6.07) is 7.57. The van der Waals surface area contributed by atoms with Crippen LogP contribution in [0.25, 0.3) is 0 Å². The van der Waals surface area contributed by atoms with E-state index in [1.807, 2.05) is 0 Å². The van der Waals surface area contributed by atoms with Crippen molar-refractivity contribution in [3.63, 3.8) is 0 Å². The van der Waals surface area contributed by atoms with Crippen LogP contribution in [-0.2, 0) is 0 Å². The molecule has 0 saturated heterocycles. The summed E-state index contributed by atoms with van der Waals surface area (Å²) in [5, 5.41) is 13.8. The van der Waals surface area contributed by atoms with Gasteiger partial charge in [0, 0.05) is 24.7 Å². The second kappa shape index (κ2) is 5.74. The van der Waals surface area contributed by atoms with Crippen LogP contribution in [0.4, 0.5) is 11.5 Å². The van der Waals surface area contributed by atoms with Gasteiger partial charge in [-0.25, -0.2) is 9.97 Å². The number of anilines is 1. The number of ether oxygens (including phenoxy) is 1.